The molecule has 3 rings (SSSR count). The van der Waals surface area contributed by atoms with Crippen molar-refractivity contribution in [3.8, 4) is 0 Å². The zero-order chi connectivity index (χ0) is 11.0. The first-order chi connectivity index (χ1) is 7.84. The molecule has 3 N–H and O–H groups in total. The average molecular weight is 217 g/mol. The van der Waals surface area contributed by atoms with E-state index in [0.29, 0.717) is 12.2 Å². The fourth-order valence-electron chi connectivity index (χ4n) is 2.69. The van der Waals surface area contributed by atoms with Crippen LogP contribution in [0.2, 0.25) is 0 Å². The number of hydrogen-bond donors (Lipinski definition) is 2. The van der Waals surface area contributed by atoms with E-state index in [0.717, 1.165) is 18.4 Å². The molecule has 2 aromatic heterocycles. The Morgan fingerprint density at radius 3 is 2.88 bits per heavy atom. The van der Waals surface area contributed by atoms with Gasteiger partial charge in [0.2, 0.25) is 5.65 Å². The van der Waals surface area contributed by atoms with Gasteiger partial charge in [-0.2, -0.15) is 10.3 Å². The summed E-state index contributed by atoms with van der Waals surface area (Å²) < 4.78 is 0. The average Bonchev–Trinajstić information content (AvgIpc) is 2.97. The highest BCUT2D eigenvalue weighted by atomic mass is 15.3. The number of aromatic amines is 1. The zero-order valence-electron chi connectivity index (χ0n) is 9.11. The van der Waals surface area contributed by atoms with Gasteiger partial charge in [0, 0.05) is 18.2 Å². The molecule has 5 nitrogen and oxygen atoms in total. The summed E-state index contributed by atoms with van der Waals surface area (Å²) in [7, 11) is 0. The second-order valence-electron chi connectivity index (χ2n) is 4.58. The minimum Gasteiger partial charge on any atom is -0.330 e. The summed E-state index contributed by atoms with van der Waals surface area (Å²) in [5.74, 6) is 0. The normalized spacial score (nSPS) is 19.3. The van der Waals surface area contributed by atoms with Crippen molar-refractivity contribution in [3.63, 3.8) is 0 Å². The highest BCUT2D eigenvalue weighted by Gasteiger charge is 2.34. The molecule has 2 heterocycles. The molecule has 0 aliphatic heterocycles. The lowest BCUT2D eigenvalue weighted by Gasteiger charge is -2.27. The van der Waals surface area contributed by atoms with Crippen LogP contribution in [0, 0.1) is 0 Å². The van der Waals surface area contributed by atoms with Crippen molar-refractivity contribution < 1.29 is 0 Å². The van der Waals surface area contributed by atoms with Crippen molar-refractivity contribution in [2.75, 3.05) is 6.54 Å². The van der Waals surface area contributed by atoms with Crippen LogP contribution < -0.4 is 5.73 Å². The molecule has 2 aromatic rings. The predicted octanol–water partition coefficient (Wildman–Crippen LogP) is 1.12. The Morgan fingerprint density at radius 1 is 1.31 bits per heavy atom. The van der Waals surface area contributed by atoms with Crippen LogP contribution in [0.25, 0.3) is 11.2 Å². The van der Waals surface area contributed by atoms with E-state index < -0.39 is 0 Å². The van der Waals surface area contributed by atoms with Crippen LogP contribution >= 0.6 is 0 Å². The van der Waals surface area contributed by atoms with Crippen LogP contribution in [0.1, 0.15) is 31.2 Å². The second-order valence-corrected chi connectivity index (χ2v) is 4.58. The van der Waals surface area contributed by atoms with Gasteiger partial charge in [-0.15, -0.1) is 5.10 Å². The van der Waals surface area contributed by atoms with Gasteiger partial charge in [-0.25, -0.2) is 4.98 Å². The zero-order valence-corrected chi connectivity index (χ0v) is 9.11. The monoisotopic (exact) mass is 217 g/mol. The molecular weight excluding hydrogens is 202 g/mol. The summed E-state index contributed by atoms with van der Waals surface area (Å²) in [6.45, 7) is 0.692. The summed E-state index contributed by atoms with van der Waals surface area (Å²) >= 11 is 0. The van der Waals surface area contributed by atoms with Gasteiger partial charge in [-0.1, -0.05) is 12.8 Å². The summed E-state index contributed by atoms with van der Waals surface area (Å²) in [5.41, 5.74) is 8.80. The fraction of sp³-hybridized carbons (Fsp3) is 0.545. The maximum Gasteiger partial charge on any atom is 0.201 e. The molecule has 1 aliphatic rings. The first kappa shape index (κ1) is 9.72. The summed E-state index contributed by atoms with van der Waals surface area (Å²) in [5, 5.41) is 10.6. The Kier molecular flexibility index (Phi) is 2.14. The van der Waals surface area contributed by atoms with Crippen LogP contribution in [0.4, 0.5) is 0 Å². The minimum absolute atomic E-state index is 0.125. The van der Waals surface area contributed by atoms with Crippen LogP contribution in [-0.2, 0) is 5.41 Å². The van der Waals surface area contributed by atoms with Crippen LogP contribution in [0.5, 0.6) is 0 Å². The van der Waals surface area contributed by atoms with Crippen molar-refractivity contribution in [2.24, 2.45) is 5.73 Å². The van der Waals surface area contributed by atoms with Gasteiger partial charge in [0.05, 0.1) is 0 Å². The number of H-pyrrole nitrogens is 1. The topological polar surface area (TPSA) is 80.5 Å². The summed E-state index contributed by atoms with van der Waals surface area (Å²) in [4.78, 5) is 4.32. The highest BCUT2D eigenvalue weighted by Crippen LogP contribution is 2.40. The van der Waals surface area contributed by atoms with Gasteiger partial charge >= 0.3 is 0 Å². The first-order valence-electron chi connectivity index (χ1n) is 5.71. The van der Waals surface area contributed by atoms with Crippen LogP contribution in [-0.4, -0.2) is 26.9 Å². The lowest BCUT2D eigenvalue weighted by molar-refractivity contribution is 0.452. The number of rotatable bonds is 2. The number of nitrogens with one attached hydrogen (secondary N) is 1. The molecule has 0 radical (unpaired) electrons. The van der Waals surface area contributed by atoms with Crippen LogP contribution in [0.3, 0.4) is 0 Å². The molecular formula is C11H15N5. The third-order valence-electron chi connectivity index (χ3n) is 3.74. The Morgan fingerprint density at radius 2 is 2.12 bits per heavy atom. The third kappa shape index (κ3) is 1.31. The van der Waals surface area contributed by atoms with Crippen molar-refractivity contribution >= 4 is 11.2 Å². The van der Waals surface area contributed by atoms with Gasteiger partial charge in [-0.05, 0) is 24.5 Å². The molecule has 1 saturated carbocycles. The van der Waals surface area contributed by atoms with E-state index >= 15 is 0 Å². The van der Waals surface area contributed by atoms with E-state index in [1.165, 1.54) is 18.4 Å². The predicted molar refractivity (Wildman–Crippen MR) is 60.9 cm³/mol. The van der Waals surface area contributed by atoms with E-state index in [-0.39, 0.29) is 5.41 Å². The number of fused-ring (bicyclic) bond motifs is 1. The van der Waals surface area contributed by atoms with Gasteiger partial charge in [-0.3, -0.25) is 0 Å². The number of nitrogens with zero attached hydrogens (tertiary/aromatic N) is 3. The molecule has 84 valence electrons. The number of hydrogen-bond acceptors (Lipinski definition) is 4. The Labute approximate surface area is 93.4 Å². The maximum absolute atomic E-state index is 5.95. The number of pyridine rings is 1. The largest absolute Gasteiger partial charge is 0.330 e. The molecule has 0 unspecified atom stereocenters. The second kappa shape index (κ2) is 3.52. The lowest BCUT2D eigenvalue weighted by atomic mass is 9.80. The van der Waals surface area contributed by atoms with Crippen molar-refractivity contribution in [1.82, 2.24) is 20.4 Å². The molecule has 16 heavy (non-hydrogen) atoms. The van der Waals surface area contributed by atoms with E-state index in [2.05, 4.69) is 26.5 Å². The lowest BCUT2D eigenvalue weighted by Crippen LogP contribution is -2.32. The Balaban J connectivity index is 2.09. The molecule has 0 spiro atoms. The van der Waals surface area contributed by atoms with E-state index in [1.54, 1.807) is 0 Å². The van der Waals surface area contributed by atoms with E-state index in [4.69, 9.17) is 5.73 Å². The third-order valence-corrected chi connectivity index (χ3v) is 3.74. The SMILES string of the molecule is NCC1(c2cnc3n[nH]nc3c2)CCCC1. The fourth-order valence-corrected chi connectivity index (χ4v) is 2.69. The minimum atomic E-state index is 0.125. The standard InChI is InChI=1S/C11H15N5/c12-7-11(3-1-2-4-11)8-5-9-10(13-6-8)15-16-14-9/h5-6H,1-4,7,12H2,(H,13,14,15,16). The van der Waals surface area contributed by atoms with Gasteiger partial charge in [0.1, 0.15) is 5.52 Å². The van der Waals surface area contributed by atoms with Gasteiger partial charge in [0.25, 0.3) is 0 Å². The quantitative estimate of drug-likeness (QED) is 0.790. The molecule has 0 aromatic carbocycles. The smallest absolute Gasteiger partial charge is 0.201 e. The molecule has 1 aliphatic carbocycles. The van der Waals surface area contributed by atoms with Crippen LogP contribution in [0.15, 0.2) is 12.3 Å². The van der Waals surface area contributed by atoms with Crippen molar-refractivity contribution in [3.05, 3.63) is 17.8 Å². The first-order valence-corrected chi connectivity index (χ1v) is 5.71. The Hall–Kier alpha value is -1.49. The summed E-state index contributed by atoms with van der Waals surface area (Å²) in [6, 6.07) is 2.07. The molecule has 5 heteroatoms. The molecule has 1 fully saturated rings. The molecule has 0 bridgehead atoms. The van der Waals surface area contributed by atoms with Crippen molar-refractivity contribution in [2.45, 2.75) is 31.1 Å². The van der Waals surface area contributed by atoms with Gasteiger partial charge < -0.3 is 5.73 Å². The number of nitrogens with two attached hydrogens (primary N) is 1. The van der Waals surface area contributed by atoms with Crippen molar-refractivity contribution in [1.29, 1.82) is 0 Å². The molecule has 0 saturated heterocycles. The van der Waals surface area contributed by atoms with Gasteiger partial charge in [0.15, 0.2) is 0 Å². The number of aromatic nitrogens is 4. The molecule has 0 amide bonds. The molecule has 0 atom stereocenters. The summed E-state index contributed by atoms with van der Waals surface area (Å²) in [6.07, 6.45) is 6.74. The highest BCUT2D eigenvalue weighted by molar-refractivity contribution is 5.69. The Bertz CT molecular complexity index is 498. The van der Waals surface area contributed by atoms with E-state index in [1.807, 2.05) is 6.20 Å². The van der Waals surface area contributed by atoms with E-state index in [9.17, 15) is 0 Å². The maximum atomic E-state index is 5.95.